The van der Waals surface area contributed by atoms with Crippen LogP contribution in [0.15, 0.2) is 24.3 Å². The van der Waals surface area contributed by atoms with Gasteiger partial charge in [-0.1, -0.05) is 23.7 Å². The molecule has 2 aromatic carbocycles. The lowest BCUT2D eigenvalue weighted by atomic mass is 10.1. The predicted octanol–water partition coefficient (Wildman–Crippen LogP) is 2.87. The molecule has 0 atom stereocenters. The Morgan fingerprint density at radius 1 is 0.412 bits per heavy atom. The van der Waals surface area contributed by atoms with Crippen LogP contribution in [0.2, 0.25) is 0 Å². The molecule has 0 amide bonds. The SMILES string of the molecule is C#Cc1cc2c(cc1C#C)OCCOCCOc1cc(C#C)c(C#C)cc1OCCOCCO2. The van der Waals surface area contributed by atoms with E-state index in [9.17, 15) is 0 Å². The molecule has 6 nitrogen and oxygen atoms in total. The van der Waals surface area contributed by atoms with Gasteiger partial charge in [-0.2, -0.15) is 0 Å². The number of hydrogen-bond donors (Lipinski definition) is 0. The van der Waals surface area contributed by atoms with Crippen molar-refractivity contribution in [3.8, 4) is 72.4 Å². The van der Waals surface area contributed by atoms with Crippen LogP contribution in [0.4, 0.5) is 0 Å². The minimum atomic E-state index is 0.277. The highest BCUT2D eigenvalue weighted by Crippen LogP contribution is 2.32. The summed E-state index contributed by atoms with van der Waals surface area (Å²) in [6, 6.07) is 6.74. The van der Waals surface area contributed by atoms with Crippen molar-refractivity contribution in [1.82, 2.24) is 0 Å². The van der Waals surface area contributed by atoms with E-state index < -0.39 is 0 Å². The summed E-state index contributed by atoms with van der Waals surface area (Å²) in [4.78, 5) is 0. The fraction of sp³-hybridized carbons (Fsp3) is 0.286. The van der Waals surface area contributed by atoms with Crippen LogP contribution in [0.1, 0.15) is 22.3 Å². The molecule has 6 heteroatoms. The number of fused-ring (bicyclic) bond motifs is 2. The standard InChI is InChI=1S/C28H24O6/c1-5-21-17-25-26(18-22(21)6-2)32-14-10-30-12-16-34-28-20-24(8-4)23(7-3)19-27(28)33-15-11-29-9-13-31-25/h1-4,17-20H,9-16H2. The van der Waals surface area contributed by atoms with Gasteiger partial charge in [0.1, 0.15) is 26.4 Å². The molecular formula is C28H24O6. The molecule has 0 fully saturated rings. The second-order valence-electron chi connectivity index (χ2n) is 6.88. The number of hydrogen-bond acceptors (Lipinski definition) is 6. The molecule has 172 valence electrons. The fourth-order valence-corrected chi connectivity index (χ4v) is 3.10. The Morgan fingerprint density at radius 3 is 0.853 bits per heavy atom. The Bertz CT molecular complexity index is 986. The Labute approximate surface area is 200 Å². The van der Waals surface area contributed by atoms with Crippen molar-refractivity contribution in [3.63, 3.8) is 0 Å². The summed E-state index contributed by atoms with van der Waals surface area (Å²) < 4.78 is 34.6. The first-order chi connectivity index (χ1) is 16.7. The van der Waals surface area contributed by atoms with Crippen molar-refractivity contribution in [3.05, 3.63) is 46.5 Å². The first kappa shape index (κ1) is 24.4. The highest BCUT2D eigenvalue weighted by atomic mass is 16.6. The fourth-order valence-electron chi connectivity index (χ4n) is 3.10. The average Bonchev–Trinajstić information content (AvgIpc) is 2.87. The number of ether oxygens (including phenoxy) is 6. The molecule has 0 radical (unpaired) electrons. The molecule has 3 rings (SSSR count). The molecule has 0 aliphatic carbocycles. The molecule has 1 aliphatic rings. The van der Waals surface area contributed by atoms with Gasteiger partial charge in [0.25, 0.3) is 0 Å². The van der Waals surface area contributed by atoms with E-state index in [2.05, 4.69) is 23.7 Å². The van der Waals surface area contributed by atoms with Crippen LogP contribution in [0.25, 0.3) is 0 Å². The van der Waals surface area contributed by atoms with E-state index >= 15 is 0 Å². The topological polar surface area (TPSA) is 55.4 Å². The van der Waals surface area contributed by atoms with Crippen molar-refractivity contribution in [2.75, 3.05) is 52.9 Å². The number of benzene rings is 2. The molecule has 2 aromatic rings. The predicted molar refractivity (Wildman–Crippen MR) is 128 cm³/mol. The molecule has 34 heavy (non-hydrogen) atoms. The monoisotopic (exact) mass is 456 g/mol. The Hall–Kier alpha value is -4.20. The summed E-state index contributed by atoms with van der Waals surface area (Å²) >= 11 is 0. The van der Waals surface area contributed by atoms with Crippen LogP contribution in [0.5, 0.6) is 23.0 Å². The first-order valence-electron chi connectivity index (χ1n) is 10.6. The van der Waals surface area contributed by atoms with E-state index in [0.717, 1.165) is 0 Å². The Kier molecular flexibility index (Phi) is 9.16. The van der Waals surface area contributed by atoms with Crippen molar-refractivity contribution in [2.45, 2.75) is 0 Å². The zero-order chi connectivity index (χ0) is 24.2. The Balaban J connectivity index is 1.71. The number of terminal acetylenes is 4. The lowest BCUT2D eigenvalue weighted by molar-refractivity contribution is 0.0640. The largest absolute Gasteiger partial charge is 0.487 e. The van der Waals surface area contributed by atoms with Gasteiger partial charge in [0, 0.05) is 46.5 Å². The summed E-state index contributed by atoms with van der Waals surface area (Å²) in [5, 5.41) is 0. The maximum absolute atomic E-state index is 5.83. The van der Waals surface area contributed by atoms with Crippen molar-refractivity contribution < 1.29 is 28.4 Å². The van der Waals surface area contributed by atoms with E-state index in [1.54, 1.807) is 24.3 Å². The van der Waals surface area contributed by atoms with Gasteiger partial charge in [0.2, 0.25) is 0 Å². The lowest BCUT2D eigenvalue weighted by Crippen LogP contribution is -2.15. The maximum atomic E-state index is 5.83. The molecule has 0 unspecified atom stereocenters. The third-order valence-corrected chi connectivity index (χ3v) is 4.73. The van der Waals surface area contributed by atoms with Crippen LogP contribution in [0.3, 0.4) is 0 Å². The van der Waals surface area contributed by atoms with Gasteiger partial charge < -0.3 is 28.4 Å². The second kappa shape index (κ2) is 12.7. The molecule has 1 heterocycles. The Morgan fingerprint density at radius 2 is 0.647 bits per heavy atom. The van der Waals surface area contributed by atoms with Gasteiger partial charge >= 0.3 is 0 Å². The highest BCUT2D eigenvalue weighted by Gasteiger charge is 2.13. The summed E-state index contributed by atoms with van der Waals surface area (Å²) in [7, 11) is 0. The van der Waals surface area contributed by atoms with Crippen molar-refractivity contribution >= 4 is 0 Å². The van der Waals surface area contributed by atoms with E-state index in [0.29, 0.717) is 71.7 Å². The minimum Gasteiger partial charge on any atom is -0.487 e. The van der Waals surface area contributed by atoms with Gasteiger partial charge in [0.15, 0.2) is 23.0 Å². The van der Waals surface area contributed by atoms with Gasteiger partial charge in [-0.3, -0.25) is 0 Å². The van der Waals surface area contributed by atoms with Crippen molar-refractivity contribution in [2.24, 2.45) is 0 Å². The van der Waals surface area contributed by atoms with Gasteiger partial charge in [0.05, 0.1) is 26.4 Å². The van der Waals surface area contributed by atoms with Crippen LogP contribution < -0.4 is 18.9 Å². The quantitative estimate of drug-likeness (QED) is 0.569. The molecule has 0 aromatic heterocycles. The summed E-state index contributed by atoms with van der Waals surface area (Å²) in [6.45, 7) is 2.40. The molecule has 0 saturated carbocycles. The van der Waals surface area contributed by atoms with Gasteiger partial charge in [-0.25, -0.2) is 0 Å². The maximum Gasteiger partial charge on any atom is 0.162 e. The van der Waals surface area contributed by atoms with Gasteiger partial charge in [-0.05, 0) is 0 Å². The zero-order valence-electron chi connectivity index (χ0n) is 18.7. The molecule has 0 saturated heterocycles. The normalized spacial score (nSPS) is 14.7. The average molecular weight is 456 g/mol. The summed E-state index contributed by atoms with van der Waals surface area (Å²) in [5.74, 6) is 12.2. The highest BCUT2D eigenvalue weighted by molar-refractivity contribution is 5.58. The zero-order valence-corrected chi connectivity index (χ0v) is 18.7. The van der Waals surface area contributed by atoms with Crippen LogP contribution in [-0.2, 0) is 9.47 Å². The summed E-state index contributed by atoms with van der Waals surface area (Å²) in [5.41, 5.74) is 2.20. The third-order valence-electron chi connectivity index (χ3n) is 4.73. The molecule has 0 N–H and O–H groups in total. The smallest absolute Gasteiger partial charge is 0.162 e. The summed E-state index contributed by atoms with van der Waals surface area (Å²) in [6.07, 6.45) is 22.3. The molecular weight excluding hydrogens is 432 g/mol. The third kappa shape index (κ3) is 6.41. The van der Waals surface area contributed by atoms with E-state index in [1.165, 1.54) is 0 Å². The lowest BCUT2D eigenvalue weighted by Gasteiger charge is -2.17. The van der Waals surface area contributed by atoms with Gasteiger partial charge in [-0.15, -0.1) is 25.7 Å². The molecule has 0 bridgehead atoms. The van der Waals surface area contributed by atoms with Crippen LogP contribution in [-0.4, -0.2) is 52.9 Å². The van der Waals surface area contributed by atoms with Crippen LogP contribution in [0, 0.1) is 49.4 Å². The molecule has 0 spiro atoms. The van der Waals surface area contributed by atoms with E-state index in [-0.39, 0.29) is 26.4 Å². The van der Waals surface area contributed by atoms with Crippen LogP contribution >= 0.6 is 0 Å². The number of rotatable bonds is 0. The van der Waals surface area contributed by atoms with E-state index in [1.807, 2.05) is 0 Å². The van der Waals surface area contributed by atoms with E-state index in [4.69, 9.17) is 54.1 Å². The second-order valence-corrected chi connectivity index (χ2v) is 6.88. The molecule has 1 aliphatic heterocycles. The minimum absolute atomic E-state index is 0.277. The first-order valence-corrected chi connectivity index (χ1v) is 10.6. The van der Waals surface area contributed by atoms with Crippen molar-refractivity contribution in [1.29, 1.82) is 0 Å².